The molecule has 0 spiro atoms. The van der Waals surface area contributed by atoms with Crippen LogP contribution < -0.4 is 14.5 Å². The number of rotatable bonds is 11. The fourth-order valence-electron chi connectivity index (χ4n) is 4.18. The summed E-state index contributed by atoms with van der Waals surface area (Å²) in [6.07, 6.45) is -3.58. The van der Waals surface area contributed by atoms with Crippen LogP contribution in [0.2, 0.25) is 0 Å². The van der Waals surface area contributed by atoms with Gasteiger partial charge in [-0.25, -0.2) is 24.4 Å². The molecule has 1 aliphatic rings. The average Bonchev–Trinajstić information content (AvgIpc) is 3.45. The van der Waals surface area contributed by atoms with Crippen LogP contribution in [0.4, 0.5) is 10.2 Å². The van der Waals surface area contributed by atoms with Gasteiger partial charge in [0.05, 0.1) is 25.9 Å². The van der Waals surface area contributed by atoms with Gasteiger partial charge in [-0.2, -0.15) is 0 Å². The Bertz CT molecular complexity index is 1400. The minimum Gasteiger partial charge on any atom is -0.468 e. The van der Waals surface area contributed by atoms with Gasteiger partial charge in [0.25, 0.3) is 0 Å². The molecule has 6 atom stereocenters. The van der Waals surface area contributed by atoms with Gasteiger partial charge in [0.15, 0.2) is 29.4 Å². The fraction of sp³-hybridized carbons (Fsp3) is 0.500. The van der Waals surface area contributed by atoms with Gasteiger partial charge < -0.3 is 28.5 Å². The summed E-state index contributed by atoms with van der Waals surface area (Å²) in [6.45, 7) is -0.710. The van der Waals surface area contributed by atoms with Crippen LogP contribution in [-0.2, 0) is 30.6 Å². The molecular weight excluding hydrogens is 586 g/mol. The first-order valence-corrected chi connectivity index (χ1v) is 15.4. The number of carbonyl (C=O) groups is 1. The predicted molar refractivity (Wildman–Crippen MR) is 151 cm³/mol. The van der Waals surface area contributed by atoms with Crippen molar-refractivity contribution in [2.24, 2.45) is 0 Å². The molecule has 1 saturated heterocycles. The number of esters is 1. The Morgan fingerprint density at radius 3 is 2.70 bits per heavy atom. The summed E-state index contributed by atoms with van der Waals surface area (Å²) in [5, 5.41) is 13.9. The zero-order chi connectivity index (χ0) is 29.2. The molecule has 16 heteroatoms. The Morgan fingerprint density at radius 1 is 1.38 bits per heavy atom. The molecule has 218 valence electrons. The van der Waals surface area contributed by atoms with Gasteiger partial charge in [-0.1, -0.05) is 18.2 Å². The van der Waals surface area contributed by atoms with E-state index < -0.39 is 49.4 Å². The maximum Gasteiger partial charge on any atom is 0.323 e. The van der Waals surface area contributed by atoms with Gasteiger partial charge >= 0.3 is 12.6 Å². The van der Waals surface area contributed by atoms with Gasteiger partial charge in [-0.15, -0.1) is 11.6 Å². The molecule has 1 aromatic carbocycles. The third-order valence-corrected chi connectivity index (χ3v) is 9.19. The van der Waals surface area contributed by atoms with Crippen molar-refractivity contribution in [2.45, 2.75) is 44.0 Å². The molecule has 2 N–H and O–H groups in total. The Kier molecular flexibility index (Phi) is 9.30. The van der Waals surface area contributed by atoms with Gasteiger partial charge in [0.1, 0.15) is 29.3 Å². The van der Waals surface area contributed by atoms with E-state index in [9.17, 15) is 9.90 Å². The number of nitrogens with one attached hydrogen (secondary N) is 1. The third kappa shape index (κ3) is 6.08. The number of aliphatic hydroxyl groups is 1. The molecule has 0 amide bonds. The number of alkyl halides is 2. The lowest BCUT2D eigenvalue weighted by atomic mass is 9.99. The summed E-state index contributed by atoms with van der Waals surface area (Å²) in [4.78, 5) is 27.1. The molecule has 0 radical (unpaired) electrons. The number of aromatic nitrogens is 4. The van der Waals surface area contributed by atoms with E-state index in [0.29, 0.717) is 28.6 Å². The summed E-state index contributed by atoms with van der Waals surface area (Å²) >= 11 is 12.0. The average molecular weight is 617 g/mol. The van der Waals surface area contributed by atoms with E-state index in [1.165, 1.54) is 24.9 Å². The number of nitrogens with zero attached hydrogens (tertiary/aromatic N) is 5. The van der Waals surface area contributed by atoms with E-state index >= 15 is 4.39 Å². The zero-order valence-corrected chi connectivity index (χ0v) is 25.0. The van der Waals surface area contributed by atoms with E-state index in [2.05, 4.69) is 20.0 Å². The molecule has 0 aliphatic carbocycles. The summed E-state index contributed by atoms with van der Waals surface area (Å²) in [7, 11) is 4.85. The van der Waals surface area contributed by atoms with E-state index in [1.807, 2.05) is 0 Å². The lowest BCUT2D eigenvalue weighted by Gasteiger charge is -2.33. The second-order valence-corrected chi connectivity index (χ2v) is 12.9. The number of methoxy groups -OCH3 is 1. The number of benzene rings is 1. The first-order chi connectivity index (χ1) is 18.9. The van der Waals surface area contributed by atoms with Crippen molar-refractivity contribution in [1.29, 1.82) is 0 Å². The second-order valence-electron chi connectivity index (χ2n) is 9.46. The highest BCUT2D eigenvalue weighted by Gasteiger charge is 2.57. The minimum absolute atomic E-state index is 0.327. The maximum absolute atomic E-state index is 15.7. The minimum atomic E-state index is -3.50. The molecule has 3 heterocycles. The zero-order valence-electron chi connectivity index (χ0n) is 22.5. The molecule has 4 rings (SSSR count). The van der Waals surface area contributed by atoms with Crippen LogP contribution >= 0.6 is 18.2 Å². The van der Waals surface area contributed by atoms with E-state index in [1.54, 1.807) is 56.3 Å². The van der Waals surface area contributed by atoms with Crippen LogP contribution in [0, 0.1) is 6.92 Å². The number of hydrogen-bond acceptors (Lipinski definition) is 11. The highest BCUT2D eigenvalue weighted by molar-refractivity contribution is 8.09. The van der Waals surface area contributed by atoms with Crippen molar-refractivity contribution in [3.8, 4) is 5.75 Å². The SMILES string of the molecule is COC(=O)[C@H](C)N[P@](=S)(OC[C@@]1(CCl)O[C@@H](n2cnc3c(N(C)C)nc(C)nc32)[C@@H](F)[C@@H]1O)Oc1ccccc1. The Morgan fingerprint density at radius 2 is 2.08 bits per heavy atom. The molecule has 0 unspecified atom stereocenters. The van der Waals surface area contributed by atoms with Crippen molar-refractivity contribution in [2.75, 3.05) is 38.6 Å². The largest absolute Gasteiger partial charge is 0.468 e. The molecule has 40 heavy (non-hydrogen) atoms. The number of fused-ring (bicyclic) bond motifs is 1. The van der Waals surface area contributed by atoms with Gasteiger partial charge in [-0.3, -0.25) is 9.36 Å². The van der Waals surface area contributed by atoms with E-state index in [-0.39, 0.29) is 5.88 Å². The fourth-order valence-corrected chi connectivity index (χ4v) is 6.91. The maximum atomic E-state index is 15.7. The molecular formula is C24H31ClFN6O6PS. The standard InChI is InChI=1S/C24H31ClFN6O6PS/c1-14(23(34)35-5)30-39(40,38-16-9-7-6-8-10-16)36-12-24(11-25)19(33)17(26)22(37-24)32-13-27-18-20(31(3)4)28-15(2)29-21(18)32/h6-10,13-14,17,19,22,33H,11-12H2,1-5H3,(H,30,40)/t14-,17-,19-,22+,24+,39-/m0/s1. The Hall–Kier alpha value is -2.45. The lowest BCUT2D eigenvalue weighted by molar-refractivity contribution is -0.142. The molecule has 2 aromatic heterocycles. The van der Waals surface area contributed by atoms with Crippen LogP contribution in [0.25, 0.3) is 11.2 Å². The van der Waals surface area contributed by atoms with Crippen LogP contribution in [0.5, 0.6) is 5.75 Å². The third-order valence-electron chi connectivity index (χ3n) is 6.26. The topological polar surface area (TPSA) is 133 Å². The molecule has 0 saturated carbocycles. The molecule has 12 nitrogen and oxygen atoms in total. The van der Waals surface area contributed by atoms with Crippen molar-refractivity contribution in [1.82, 2.24) is 24.6 Å². The van der Waals surface area contributed by atoms with Gasteiger partial charge in [0.2, 0.25) is 0 Å². The summed E-state index contributed by atoms with van der Waals surface area (Å²) in [6, 6.07) is 7.71. The van der Waals surface area contributed by atoms with Crippen molar-refractivity contribution in [3.05, 3.63) is 42.5 Å². The van der Waals surface area contributed by atoms with Gasteiger partial charge in [0, 0.05) is 14.1 Å². The second kappa shape index (κ2) is 12.2. The molecule has 1 fully saturated rings. The van der Waals surface area contributed by atoms with Crippen LogP contribution in [0.15, 0.2) is 36.7 Å². The number of aliphatic hydroxyl groups excluding tert-OH is 1. The molecule has 1 aliphatic heterocycles. The lowest BCUT2D eigenvalue weighted by Crippen LogP contribution is -2.48. The smallest absolute Gasteiger partial charge is 0.323 e. The number of para-hydroxylation sites is 1. The normalized spacial score (nSPS) is 24.9. The van der Waals surface area contributed by atoms with Crippen molar-refractivity contribution in [3.63, 3.8) is 0 Å². The summed E-state index contributed by atoms with van der Waals surface area (Å²) < 4.78 is 40.0. The monoisotopic (exact) mass is 616 g/mol. The highest BCUT2D eigenvalue weighted by atomic mass is 35.5. The summed E-state index contributed by atoms with van der Waals surface area (Å²) in [5.41, 5.74) is -0.962. The first-order valence-electron chi connectivity index (χ1n) is 12.2. The summed E-state index contributed by atoms with van der Waals surface area (Å²) in [5.74, 6) is 0.433. The predicted octanol–water partition coefficient (Wildman–Crippen LogP) is 2.88. The number of aryl methyl sites for hydroxylation is 1. The van der Waals surface area contributed by atoms with Crippen LogP contribution in [-0.4, -0.2) is 88.2 Å². The quantitative estimate of drug-likeness (QED) is 0.186. The Labute approximate surface area is 241 Å². The van der Waals surface area contributed by atoms with Crippen molar-refractivity contribution >= 4 is 53.0 Å². The molecule has 0 bridgehead atoms. The Balaban J connectivity index is 1.63. The van der Waals surface area contributed by atoms with E-state index in [0.717, 1.165) is 0 Å². The van der Waals surface area contributed by atoms with Crippen LogP contribution in [0.3, 0.4) is 0 Å². The van der Waals surface area contributed by atoms with E-state index in [4.69, 9.17) is 41.9 Å². The number of anilines is 1. The number of ether oxygens (including phenoxy) is 2. The van der Waals surface area contributed by atoms with Crippen molar-refractivity contribution < 1.29 is 32.8 Å². The highest BCUT2D eigenvalue weighted by Crippen LogP contribution is 2.49. The number of carbonyl (C=O) groups excluding carboxylic acids is 1. The number of imidazole rings is 1. The first kappa shape index (κ1) is 30.5. The molecule has 3 aromatic rings. The van der Waals surface area contributed by atoms with Crippen LogP contribution in [0.1, 0.15) is 19.0 Å². The number of hydrogen-bond donors (Lipinski definition) is 2. The van der Waals surface area contributed by atoms with Gasteiger partial charge in [-0.05, 0) is 37.8 Å². The number of halogens is 2.